The molecule has 0 aromatic heterocycles. The van der Waals surface area contributed by atoms with Crippen molar-refractivity contribution >= 4 is 17.7 Å². The number of nitrogens with zero attached hydrogens (tertiary/aromatic N) is 1. The summed E-state index contributed by atoms with van der Waals surface area (Å²) in [5, 5.41) is 0.723. The number of hydrogen-bond acceptors (Lipinski definition) is 3. The highest BCUT2D eigenvalue weighted by atomic mass is 35.5. The second-order valence-electron chi connectivity index (χ2n) is 7.06. The van der Waals surface area contributed by atoms with Crippen molar-refractivity contribution in [3.63, 3.8) is 0 Å². The largest absolute Gasteiger partial charge is 0.485 e. The summed E-state index contributed by atoms with van der Waals surface area (Å²) in [7, 11) is 0. The lowest BCUT2D eigenvalue weighted by molar-refractivity contribution is -0.0221. The molecule has 0 radical (unpaired) electrons. The number of carbonyl (C=O) groups excluding carboxylic acids is 1. The second-order valence-corrected chi connectivity index (χ2v) is 7.44. The van der Waals surface area contributed by atoms with Gasteiger partial charge in [0.15, 0.2) is 0 Å². The van der Waals surface area contributed by atoms with E-state index < -0.39 is 5.60 Å². The third-order valence-corrected chi connectivity index (χ3v) is 4.21. The highest BCUT2D eigenvalue weighted by molar-refractivity contribution is 6.33. The molecule has 1 heterocycles. The van der Waals surface area contributed by atoms with E-state index in [1.807, 2.05) is 32.9 Å². The highest BCUT2D eigenvalue weighted by Gasteiger charge is 2.36. The van der Waals surface area contributed by atoms with E-state index in [-0.39, 0.29) is 12.2 Å². The molecule has 1 amide bonds. The summed E-state index contributed by atoms with van der Waals surface area (Å²) in [6.45, 7) is 6.67. The molecule has 3 rings (SSSR count). The van der Waals surface area contributed by atoms with Crippen molar-refractivity contribution < 1.29 is 14.3 Å². The van der Waals surface area contributed by atoms with Crippen LogP contribution in [0.1, 0.15) is 45.1 Å². The zero-order valence-corrected chi connectivity index (χ0v) is 14.0. The average molecular weight is 324 g/mol. The number of likely N-dealkylation sites (tertiary alicyclic amines) is 1. The molecule has 22 heavy (non-hydrogen) atoms. The van der Waals surface area contributed by atoms with Gasteiger partial charge < -0.3 is 14.4 Å². The topological polar surface area (TPSA) is 38.8 Å². The summed E-state index contributed by atoms with van der Waals surface area (Å²) in [4.78, 5) is 13.5. The number of benzene rings is 1. The number of ether oxygens (including phenoxy) is 2. The van der Waals surface area contributed by atoms with Crippen molar-refractivity contribution in [2.24, 2.45) is 0 Å². The van der Waals surface area contributed by atoms with Crippen molar-refractivity contribution in [3.05, 3.63) is 28.8 Å². The van der Waals surface area contributed by atoms with Gasteiger partial charge in [0.25, 0.3) is 0 Å². The average Bonchev–Trinajstić information content (AvgIpc) is 3.16. The van der Waals surface area contributed by atoms with Crippen molar-refractivity contribution in [2.75, 3.05) is 13.1 Å². The Hall–Kier alpha value is -1.42. The maximum absolute atomic E-state index is 11.9. The minimum atomic E-state index is -0.467. The summed E-state index contributed by atoms with van der Waals surface area (Å²) in [5.41, 5.74) is 0.716. The highest BCUT2D eigenvalue weighted by Crippen LogP contribution is 2.45. The molecule has 1 saturated heterocycles. The summed E-state index contributed by atoms with van der Waals surface area (Å²) >= 11 is 6.42. The summed E-state index contributed by atoms with van der Waals surface area (Å²) in [5.74, 6) is 1.32. The molecule has 0 bridgehead atoms. The predicted molar refractivity (Wildman–Crippen MR) is 85.7 cm³/mol. The predicted octanol–water partition coefficient (Wildman–Crippen LogP) is 4.22. The molecule has 120 valence electrons. The molecule has 2 fully saturated rings. The Bertz CT molecular complexity index is 572. The van der Waals surface area contributed by atoms with Crippen LogP contribution in [0.25, 0.3) is 0 Å². The van der Waals surface area contributed by atoms with Crippen LogP contribution >= 0.6 is 11.6 Å². The summed E-state index contributed by atoms with van der Waals surface area (Å²) < 4.78 is 11.3. The molecule has 2 aliphatic rings. The molecule has 1 aromatic rings. The van der Waals surface area contributed by atoms with E-state index in [4.69, 9.17) is 21.1 Å². The molecule has 0 spiro atoms. The van der Waals surface area contributed by atoms with Crippen LogP contribution in [0.2, 0.25) is 5.02 Å². The lowest BCUT2D eigenvalue weighted by atomic mass is 10.1. The fourth-order valence-electron chi connectivity index (χ4n) is 2.50. The normalized spacial score (nSPS) is 18.8. The zero-order valence-electron chi connectivity index (χ0n) is 13.3. The number of hydrogen-bond donors (Lipinski definition) is 0. The molecule has 1 aromatic carbocycles. The van der Waals surface area contributed by atoms with E-state index in [1.165, 1.54) is 18.4 Å². The molecule has 1 saturated carbocycles. The third-order valence-electron chi connectivity index (χ3n) is 3.80. The van der Waals surface area contributed by atoms with Crippen molar-refractivity contribution in [2.45, 2.75) is 51.2 Å². The van der Waals surface area contributed by atoms with Crippen LogP contribution in [-0.4, -0.2) is 35.8 Å². The van der Waals surface area contributed by atoms with Gasteiger partial charge in [-0.05, 0) is 51.2 Å². The minimum absolute atomic E-state index is 0.0144. The van der Waals surface area contributed by atoms with Crippen molar-refractivity contribution in [3.8, 4) is 5.75 Å². The van der Waals surface area contributed by atoms with E-state index in [1.54, 1.807) is 4.90 Å². The fraction of sp³-hybridized carbons (Fsp3) is 0.588. The van der Waals surface area contributed by atoms with Gasteiger partial charge in [-0.1, -0.05) is 23.7 Å². The molecule has 4 nitrogen and oxygen atoms in total. The van der Waals surface area contributed by atoms with Crippen LogP contribution < -0.4 is 4.74 Å². The first-order valence-electron chi connectivity index (χ1n) is 7.76. The Kier molecular flexibility index (Phi) is 3.98. The van der Waals surface area contributed by atoms with Crippen LogP contribution in [0.4, 0.5) is 4.79 Å². The van der Waals surface area contributed by atoms with Crippen molar-refractivity contribution in [1.29, 1.82) is 0 Å². The van der Waals surface area contributed by atoms with Gasteiger partial charge in [0.05, 0.1) is 18.1 Å². The van der Waals surface area contributed by atoms with Gasteiger partial charge in [-0.25, -0.2) is 4.79 Å². The lowest BCUT2D eigenvalue weighted by Gasteiger charge is -2.39. The van der Waals surface area contributed by atoms with Gasteiger partial charge in [0.2, 0.25) is 0 Å². The third kappa shape index (κ3) is 3.49. The van der Waals surface area contributed by atoms with Gasteiger partial charge in [-0.2, -0.15) is 0 Å². The van der Waals surface area contributed by atoms with E-state index in [9.17, 15) is 4.79 Å². The number of amides is 1. The molecular weight excluding hydrogens is 302 g/mol. The first-order valence-corrected chi connectivity index (χ1v) is 8.14. The van der Waals surface area contributed by atoms with Crippen LogP contribution in [0.5, 0.6) is 5.75 Å². The van der Waals surface area contributed by atoms with E-state index in [2.05, 4.69) is 6.07 Å². The van der Waals surface area contributed by atoms with E-state index in [0.717, 1.165) is 10.8 Å². The minimum Gasteiger partial charge on any atom is -0.485 e. The maximum Gasteiger partial charge on any atom is 0.410 e. The fourth-order valence-corrected chi connectivity index (χ4v) is 2.82. The van der Waals surface area contributed by atoms with Crippen LogP contribution in [0, 0.1) is 0 Å². The van der Waals surface area contributed by atoms with E-state index in [0.29, 0.717) is 19.0 Å². The molecule has 0 unspecified atom stereocenters. The Morgan fingerprint density at radius 2 is 1.95 bits per heavy atom. The van der Waals surface area contributed by atoms with Crippen LogP contribution in [-0.2, 0) is 4.74 Å². The second kappa shape index (κ2) is 5.65. The van der Waals surface area contributed by atoms with Gasteiger partial charge in [0, 0.05) is 0 Å². The van der Waals surface area contributed by atoms with Gasteiger partial charge in [0.1, 0.15) is 17.5 Å². The molecule has 1 aliphatic heterocycles. The Morgan fingerprint density at radius 1 is 1.27 bits per heavy atom. The van der Waals surface area contributed by atoms with Gasteiger partial charge >= 0.3 is 6.09 Å². The molecule has 1 aliphatic carbocycles. The summed E-state index contributed by atoms with van der Waals surface area (Å²) in [6.07, 6.45) is 2.11. The Labute approximate surface area is 136 Å². The Morgan fingerprint density at radius 3 is 2.55 bits per heavy atom. The SMILES string of the molecule is CC(C)(C)OC(=O)N1CC(Oc2cccc(C3CC3)c2Cl)C1. The van der Waals surface area contributed by atoms with Crippen LogP contribution in [0.15, 0.2) is 18.2 Å². The zero-order chi connectivity index (χ0) is 15.9. The summed E-state index contributed by atoms with van der Waals surface area (Å²) in [6, 6.07) is 5.95. The van der Waals surface area contributed by atoms with Gasteiger partial charge in [-0.3, -0.25) is 0 Å². The van der Waals surface area contributed by atoms with E-state index >= 15 is 0 Å². The lowest BCUT2D eigenvalue weighted by Crippen LogP contribution is -2.57. The smallest absolute Gasteiger partial charge is 0.410 e. The molecule has 0 N–H and O–H groups in total. The monoisotopic (exact) mass is 323 g/mol. The van der Waals surface area contributed by atoms with Crippen LogP contribution in [0.3, 0.4) is 0 Å². The molecular formula is C17H22ClNO3. The molecule has 5 heteroatoms. The van der Waals surface area contributed by atoms with Crippen molar-refractivity contribution in [1.82, 2.24) is 4.90 Å². The Balaban J connectivity index is 1.54. The quantitative estimate of drug-likeness (QED) is 0.836. The number of halogens is 1. The molecule has 0 atom stereocenters. The first kappa shape index (κ1) is 15.5. The maximum atomic E-state index is 11.9. The number of carbonyl (C=O) groups is 1. The first-order chi connectivity index (χ1) is 10.3. The van der Waals surface area contributed by atoms with Gasteiger partial charge in [-0.15, -0.1) is 0 Å². The number of rotatable bonds is 3. The standard InChI is InChI=1S/C17H22ClNO3/c1-17(2,3)22-16(20)19-9-12(10-19)21-14-6-4-5-13(15(14)18)11-7-8-11/h4-6,11-12H,7-10H2,1-3H3.